The highest BCUT2D eigenvalue weighted by Crippen LogP contribution is 2.13. The molecule has 4 nitrogen and oxygen atoms in total. The molecule has 0 heterocycles. The molecule has 0 aromatic carbocycles. The minimum atomic E-state index is -0.0329. The Balaban J connectivity index is 3.88. The van der Waals surface area contributed by atoms with E-state index in [1.807, 2.05) is 6.92 Å². The lowest BCUT2D eigenvalue weighted by molar-refractivity contribution is -0.148. The minimum absolute atomic E-state index is 0.0329. The molecular formula is C26H52O4. The average Bonchev–Trinajstić information content (AvgIpc) is 2.76. The van der Waals surface area contributed by atoms with Gasteiger partial charge in [0.25, 0.3) is 0 Å². The summed E-state index contributed by atoms with van der Waals surface area (Å²) in [6.45, 7) is 9.18. The summed E-state index contributed by atoms with van der Waals surface area (Å²) in [5.41, 5.74) is 0. The van der Waals surface area contributed by atoms with Crippen molar-refractivity contribution in [2.24, 2.45) is 0 Å². The van der Waals surface area contributed by atoms with Gasteiger partial charge in [-0.25, -0.2) is 0 Å². The molecule has 0 N–H and O–H groups in total. The molecule has 0 saturated carbocycles. The highest BCUT2D eigenvalue weighted by molar-refractivity contribution is 4.72. The molecule has 0 radical (unpaired) electrons. The Labute approximate surface area is 188 Å². The maximum absolute atomic E-state index is 6.08. The van der Waals surface area contributed by atoms with Gasteiger partial charge in [-0.3, -0.25) is 0 Å². The molecular weight excluding hydrogens is 376 g/mol. The molecule has 0 aliphatic rings. The van der Waals surface area contributed by atoms with Gasteiger partial charge in [-0.05, 0) is 51.5 Å². The van der Waals surface area contributed by atoms with E-state index in [0.717, 1.165) is 51.7 Å². The van der Waals surface area contributed by atoms with Crippen molar-refractivity contribution in [2.45, 2.75) is 130 Å². The van der Waals surface area contributed by atoms with Gasteiger partial charge in [0, 0.05) is 19.8 Å². The van der Waals surface area contributed by atoms with E-state index in [4.69, 9.17) is 18.9 Å². The maximum atomic E-state index is 6.08. The van der Waals surface area contributed by atoms with E-state index in [9.17, 15) is 0 Å². The van der Waals surface area contributed by atoms with Crippen LogP contribution in [-0.4, -0.2) is 32.9 Å². The number of allylic oxidation sites excluding steroid dienone is 1. The van der Waals surface area contributed by atoms with Gasteiger partial charge < -0.3 is 18.9 Å². The first kappa shape index (κ1) is 29.4. The maximum Gasteiger partial charge on any atom is 0.188 e. The average molecular weight is 429 g/mol. The molecule has 30 heavy (non-hydrogen) atoms. The third-order valence-electron chi connectivity index (χ3n) is 5.21. The van der Waals surface area contributed by atoms with Crippen LogP contribution in [0.5, 0.6) is 0 Å². The summed E-state index contributed by atoms with van der Waals surface area (Å²) in [4.78, 5) is 0. The van der Waals surface area contributed by atoms with Crippen LogP contribution in [0.4, 0.5) is 0 Å². The van der Waals surface area contributed by atoms with Crippen molar-refractivity contribution in [3.05, 3.63) is 12.3 Å². The quantitative estimate of drug-likeness (QED) is 0.0835. The molecule has 0 unspecified atom stereocenters. The predicted molar refractivity (Wildman–Crippen MR) is 128 cm³/mol. The highest BCUT2D eigenvalue weighted by atomic mass is 16.7. The van der Waals surface area contributed by atoms with Gasteiger partial charge in [0.1, 0.15) is 0 Å². The molecule has 0 rings (SSSR count). The van der Waals surface area contributed by atoms with Crippen LogP contribution >= 0.6 is 0 Å². The van der Waals surface area contributed by atoms with E-state index in [1.165, 1.54) is 64.2 Å². The Morgan fingerprint density at radius 2 is 1.20 bits per heavy atom. The van der Waals surface area contributed by atoms with E-state index < -0.39 is 0 Å². The molecule has 0 bridgehead atoms. The molecule has 0 atom stereocenters. The summed E-state index contributed by atoms with van der Waals surface area (Å²) in [6.07, 6.45) is 23.6. The van der Waals surface area contributed by atoms with Crippen molar-refractivity contribution in [1.29, 1.82) is 0 Å². The number of unbranched alkanes of at least 4 members (excludes halogenated alkanes) is 12. The minimum Gasteiger partial charge on any atom is -0.475 e. The van der Waals surface area contributed by atoms with Gasteiger partial charge >= 0.3 is 0 Å². The van der Waals surface area contributed by atoms with E-state index in [2.05, 4.69) is 19.9 Å². The molecule has 0 aromatic heterocycles. The third-order valence-corrected chi connectivity index (χ3v) is 5.21. The monoisotopic (exact) mass is 428 g/mol. The van der Waals surface area contributed by atoms with E-state index in [0.29, 0.717) is 13.4 Å². The third kappa shape index (κ3) is 23.7. The van der Waals surface area contributed by atoms with E-state index in [-0.39, 0.29) is 6.29 Å². The zero-order valence-corrected chi connectivity index (χ0v) is 20.5. The van der Waals surface area contributed by atoms with Crippen molar-refractivity contribution >= 4 is 0 Å². The standard InChI is InChI=1S/C26H52O4/c1-4-7-9-11-14-19-23-29-26(30-24-20-15-12-10-8-5-2)21-17-13-16-18-22-28-25-27-6-3/h18,22,26H,4-17,19-21,23-25H2,1-3H3. The largest absolute Gasteiger partial charge is 0.475 e. The van der Waals surface area contributed by atoms with Gasteiger partial charge in [-0.2, -0.15) is 0 Å². The van der Waals surface area contributed by atoms with Crippen LogP contribution < -0.4 is 0 Å². The number of rotatable bonds is 25. The van der Waals surface area contributed by atoms with Crippen molar-refractivity contribution in [2.75, 3.05) is 26.6 Å². The zero-order chi connectivity index (χ0) is 22.0. The first-order chi connectivity index (χ1) is 14.8. The van der Waals surface area contributed by atoms with Crippen LogP contribution in [0.2, 0.25) is 0 Å². The Morgan fingerprint density at radius 3 is 1.77 bits per heavy atom. The topological polar surface area (TPSA) is 36.9 Å². The Bertz CT molecular complexity index is 315. The lowest BCUT2D eigenvalue weighted by Crippen LogP contribution is -2.19. The summed E-state index contributed by atoms with van der Waals surface area (Å²) in [5, 5.41) is 0. The van der Waals surface area contributed by atoms with Crippen molar-refractivity contribution < 1.29 is 18.9 Å². The predicted octanol–water partition coefficient (Wildman–Crippen LogP) is 8.15. The summed E-state index contributed by atoms with van der Waals surface area (Å²) in [6, 6.07) is 0. The normalized spacial score (nSPS) is 11.7. The molecule has 0 spiro atoms. The van der Waals surface area contributed by atoms with Crippen molar-refractivity contribution in [1.82, 2.24) is 0 Å². The fourth-order valence-electron chi connectivity index (χ4n) is 3.29. The van der Waals surface area contributed by atoms with Crippen LogP contribution in [0.1, 0.15) is 124 Å². The van der Waals surface area contributed by atoms with Crippen LogP contribution in [-0.2, 0) is 18.9 Å². The van der Waals surface area contributed by atoms with Crippen LogP contribution in [0.3, 0.4) is 0 Å². The molecule has 0 amide bonds. The van der Waals surface area contributed by atoms with Gasteiger partial charge in [0.15, 0.2) is 13.1 Å². The Kier molecular flexibility index (Phi) is 25.9. The van der Waals surface area contributed by atoms with Crippen LogP contribution in [0, 0.1) is 0 Å². The lowest BCUT2D eigenvalue weighted by Gasteiger charge is -2.19. The Hall–Kier alpha value is -0.580. The SMILES string of the molecule is CCCCCCCCOC(CCCCC=COCOCC)OCCCCCCCC. The molecule has 180 valence electrons. The van der Waals surface area contributed by atoms with E-state index in [1.54, 1.807) is 6.26 Å². The van der Waals surface area contributed by atoms with Crippen molar-refractivity contribution in [3.63, 3.8) is 0 Å². The van der Waals surface area contributed by atoms with Gasteiger partial charge in [0.05, 0.1) is 6.26 Å². The summed E-state index contributed by atoms with van der Waals surface area (Å²) in [5.74, 6) is 0. The molecule has 0 saturated heterocycles. The highest BCUT2D eigenvalue weighted by Gasteiger charge is 2.09. The van der Waals surface area contributed by atoms with Crippen LogP contribution in [0.25, 0.3) is 0 Å². The van der Waals surface area contributed by atoms with Gasteiger partial charge in [-0.15, -0.1) is 0 Å². The number of hydrogen-bond acceptors (Lipinski definition) is 4. The first-order valence-electron chi connectivity index (χ1n) is 12.9. The second kappa shape index (κ2) is 26.5. The molecule has 0 fully saturated rings. The summed E-state index contributed by atoms with van der Waals surface area (Å²) >= 11 is 0. The zero-order valence-electron chi connectivity index (χ0n) is 20.5. The fourth-order valence-corrected chi connectivity index (χ4v) is 3.29. The molecule has 4 heteroatoms. The number of ether oxygens (including phenoxy) is 4. The smallest absolute Gasteiger partial charge is 0.188 e. The Morgan fingerprint density at radius 1 is 0.633 bits per heavy atom. The second-order valence-corrected chi connectivity index (χ2v) is 8.14. The molecule has 0 aromatic rings. The lowest BCUT2D eigenvalue weighted by atomic mass is 10.1. The fraction of sp³-hybridized carbons (Fsp3) is 0.923. The summed E-state index contributed by atoms with van der Waals surface area (Å²) < 4.78 is 22.6. The van der Waals surface area contributed by atoms with Gasteiger partial charge in [-0.1, -0.05) is 78.1 Å². The molecule has 0 aliphatic heterocycles. The second-order valence-electron chi connectivity index (χ2n) is 8.14. The van der Waals surface area contributed by atoms with Crippen LogP contribution in [0.15, 0.2) is 12.3 Å². The van der Waals surface area contributed by atoms with Gasteiger partial charge in [0.2, 0.25) is 0 Å². The molecule has 0 aliphatic carbocycles. The number of hydrogen-bond donors (Lipinski definition) is 0. The first-order valence-corrected chi connectivity index (χ1v) is 12.9. The van der Waals surface area contributed by atoms with E-state index >= 15 is 0 Å². The van der Waals surface area contributed by atoms with Crippen molar-refractivity contribution in [3.8, 4) is 0 Å². The summed E-state index contributed by atoms with van der Waals surface area (Å²) in [7, 11) is 0.